The Morgan fingerprint density at radius 2 is 2.12 bits per heavy atom. The van der Waals surface area contributed by atoms with Gasteiger partial charge in [0.25, 0.3) is 0 Å². The van der Waals surface area contributed by atoms with E-state index in [9.17, 15) is 9.18 Å². The van der Waals surface area contributed by atoms with E-state index in [0.717, 1.165) is 5.56 Å². The maximum Gasteiger partial charge on any atom is 0.226 e. The van der Waals surface area contributed by atoms with Crippen LogP contribution >= 0.6 is 0 Å². The molecule has 1 rings (SSSR count). The van der Waals surface area contributed by atoms with E-state index < -0.39 is 5.54 Å². The number of hydrogen-bond donors (Lipinski definition) is 2. The number of aryl methyl sites for hydroxylation is 1. The highest BCUT2D eigenvalue weighted by molar-refractivity contribution is 5.92. The van der Waals surface area contributed by atoms with Gasteiger partial charge in [-0.3, -0.25) is 4.79 Å². The molecular formula is C12H17FN2O. The molecule has 0 aliphatic rings. The lowest BCUT2D eigenvalue weighted by Gasteiger charge is -2.18. The van der Waals surface area contributed by atoms with Crippen molar-refractivity contribution in [3.05, 3.63) is 29.6 Å². The first kappa shape index (κ1) is 12.6. The summed E-state index contributed by atoms with van der Waals surface area (Å²) in [6.45, 7) is 5.35. The molecule has 0 spiro atoms. The molecule has 0 unspecified atom stereocenters. The minimum Gasteiger partial charge on any atom is -0.326 e. The van der Waals surface area contributed by atoms with Gasteiger partial charge in [-0.15, -0.1) is 0 Å². The highest BCUT2D eigenvalue weighted by Crippen LogP contribution is 2.17. The summed E-state index contributed by atoms with van der Waals surface area (Å²) < 4.78 is 13.0. The Balaban J connectivity index is 2.73. The van der Waals surface area contributed by atoms with Gasteiger partial charge < -0.3 is 11.1 Å². The molecule has 0 aliphatic carbocycles. The van der Waals surface area contributed by atoms with Crippen LogP contribution in [0.3, 0.4) is 0 Å². The number of nitrogens with one attached hydrogen (secondary N) is 1. The summed E-state index contributed by atoms with van der Waals surface area (Å²) in [4.78, 5) is 11.6. The highest BCUT2D eigenvalue weighted by Gasteiger charge is 2.16. The van der Waals surface area contributed by atoms with Crippen LogP contribution < -0.4 is 11.1 Å². The van der Waals surface area contributed by atoms with Crippen molar-refractivity contribution < 1.29 is 9.18 Å². The second-order valence-electron chi connectivity index (χ2n) is 4.67. The van der Waals surface area contributed by atoms with E-state index in [2.05, 4.69) is 5.32 Å². The molecule has 88 valence electrons. The van der Waals surface area contributed by atoms with Gasteiger partial charge in [0.05, 0.1) is 0 Å². The topological polar surface area (TPSA) is 55.1 Å². The van der Waals surface area contributed by atoms with E-state index in [-0.39, 0.29) is 18.1 Å². The van der Waals surface area contributed by atoms with Crippen LogP contribution in [0.2, 0.25) is 0 Å². The number of benzene rings is 1. The lowest BCUT2D eigenvalue weighted by atomic mass is 10.0. The van der Waals surface area contributed by atoms with E-state index in [0.29, 0.717) is 5.69 Å². The Hall–Kier alpha value is -1.42. The van der Waals surface area contributed by atoms with Crippen LogP contribution in [0.1, 0.15) is 25.8 Å². The summed E-state index contributed by atoms with van der Waals surface area (Å²) in [5.74, 6) is -0.575. The van der Waals surface area contributed by atoms with Gasteiger partial charge in [0, 0.05) is 17.6 Å². The number of carbonyl (C=O) groups is 1. The molecule has 3 nitrogen and oxygen atoms in total. The summed E-state index contributed by atoms with van der Waals surface area (Å²) >= 11 is 0. The van der Waals surface area contributed by atoms with Gasteiger partial charge >= 0.3 is 0 Å². The largest absolute Gasteiger partial charge is 0.326 e. The number of nitrogens with two attached hydrogens (primary N) is 1. The Bertz CT molecular complexity index is 396. The lowest BCUT2D eigenvalue weighted by molar-refractivity contribution is -0.117. The second-order valence-corrected chi connectivity index (χ2v) is 4.67. The fraction of sp³-hybridized carbons (Fsp3) is 0.417. The van der Waals surface area contributed by atoms with Gasteiger partial charge in [-0.2, -0.15) is 0 Å². The zero-order valence-electron chi connectivity index (χ0n) is 9.80. The molecular weight excluding hydrogens is 207 g/mol. The Morgan fingerprint density at radius 3 is 2.69 bits per heavy atom. The predicted octanol–water partition coefficient (Wildman–Crippen LogP) is 2.20. The molecule has 0 bridgehead atoms. The predicted molar refractivity (Wildman–Crippen MR) is 62.7 cm³/mol. The molecule has 0 aromatic heterocycles. The third-order valence-corrected chi connectivity index (χ3v) is 2.09. The van der Waals surface area contributed by atoms with E-state index in [4.69, 9.17) is 5.73 Å². The third kappa shape index (κ3) is 3.98. The smallest absolute Gasteiger partial charge is 0.226 e. The minimum absolute atomic E-state index is 0.197. The van der Waals surface area contributed by atoms with Gasteiger partial charge in [0.2, 0.25) is 5.91 Å². The Morgan fingerprint density at radius 1 is 1.50 bits per heavy atom. The van der Waals surface area contributed by atoms with Gasteiger partial charge in [-0.05, 0) is 38.5 Å². The third-order valence-electron chi connectivity index (χ3n) is 2.09. The Labute approximate surface area is 94.8 Å². The number of rotatable bonds is 3. The Kier molecular flexibility index (Phi) is 3.65. The van der Waals surface area contributed by atoms with Crippen molar-refractivity contribution in [1.82, 2.24) is 0 Å². The molecule has 0 fully saturated rings. The van der Waals surface area contributed by atoms with E-state index in [1.165, 1.54) is 12.1 Å². The number of anilines is 1. The van der Waals surface area contributed by atoms with Gasteiger partial charge in [-0.25, -0.2) is 4.39 Å². The van der Waals surface area contributed by atoms with E-state index >= 15 is 0 Å². The van der Waals surface area contributed by atoms with Crippen LogP contribution in [0.15, 0.2) is 18.2 Å². The maximum atomic E-state index is 13.0. The zero-order chi connectivity index (χ0) is 12.3. The van der Waals surface area contributed by atoms with Crippen LogP contribution in [-0.2, 0) is 4.79 Å². The van der Waals surface area contributed by atoms with Crippen molar-refractivity contribution in [2.24, 2.45) is 5.73 Å². The molecule has 0 saturated carbocycles. The first-order valence-electron chi connectivity index (χ1n) is 5.13. The molecule has 0 saturated heterocycles. The van der Waals surface area contributed by atoms with Crippen LogP contribution in [0.4, 0.5) is 10.1 Å². The monoisotopic (exact) mass is 224 g/mol. The van der Waals surface area contributed by atoms with Crippen LogP contribution in [-0.4, -0.2) is 11.4 Å². The summed E-state index contributed by atoms with van der Waals surface area (Å²) in [5.41, 5.74) is 6.48. The summed E-state index contributed by atoms with van der Waals surface area (Å²) in [6.07, 6.45) is 0.197. The normalized spacial score (nSPS) is 11.3. The van der Waals surface area contributed by atoms with Crippen molar-refractivity contribution in [2.75, 3.05) is 5.32 Å². The lowest BCUT2D eigenvalue weighted by Crippen LogP contribution is -2.36. The molecule has 1 aromatic carbocycles. The van der Waals surface area contributed by atoms with Gasteiger partial charge in [0.15, 0.2) is 0 Å². The van der Waals surface area contributed by atoms with Crippen LogP contribution in [0.25, 0.3) is 0 Å². The molecule has 0 radical (unpaired) electrons. The van der Waals surface area contributed by atoms with E-state index in [1.54, 1.807) is 19.9 Å². The molecule has 4 heteroatoms. The molecule has 1 amide bonds. The molecule has 1 aromatic rings. The molecule has 0 atom stereocenters. The first-order valence-corrected chi connectivity index (χ1v) is 5.13. The molecule has 3 N–H and O–H groups in total. The summed E-state index contributed by atoms with van der Waals surface area (Å²) in [5, 5.41) is 2.65. The van der Waals surface area contributed by atoms with Gasteiger partial charge in [0.1, 0.15) is 5.82 Å². The van der Waals surface area contributed by atoms with Crippen molar-refractivity contribution >= 4 is 11.6 Å². The SMILES string of the molecule is Cc1ccc(F)cc1NC(=O)CC(C)(C)N. The van der Waals surface area contributed by atoms with Crippen molar-refractivity contribution in [3.63, 3.8) is 0 Å². The minimum atomic E-state index is -0.564. The quantitative estimate of drug-likeness (QED) is 0.827. The summed E-state index contributed by atoms with van der Waals surface area (Å²) in [7, 11) is 0. The van der Waals surface area contributed by atoms with Crippen LogP contribution in [0.5, 0.6) is 0 Å². The van der Waals surface area contributed by atoms with Crippen molar-refractivity contribution in [2.45, 2.75) is 32.7 Å². The van der Waals surface area contributed by atoms with Gasteiger partial charge in [-0.1, -0.05) is 6.07 Å². The fourth-order valence-electron chi connectivity index (χ4n) is 1.34. The van der Waals surface area contributed by atoms with Crippen LogP contribution in [0, 0.1) is 12.7 Å². The van der Waals surface area contributed by atoms with E-state index in [1.807, 2.05) is 6.92 Å². The number of amides is 1. The average molecular weight is 224 g/mol. The molecule has 0 aliphatic heterocycles. The summed E-state index contributed by atoms with van der Waals surface area (Å²) in [6, 6.07) is 4.28. The average Bonchev–Trinajstić information content (AvgIpc) is 2.08. The fourth-order valence-corrected chi connectivity index (χ4v) is 1.34. The number of hydrogen-bond acceptors (Lipinski definition) is 2. The second kappa shape index (κ2) is 4.61. The van der Waals surface area contributed by atoms with Crippen molar-refractivity contribution in [3.8, 4) is 0 Å². The number of carbonyl (C=O) groups excluding carboxylic acids is 1. The maximum absolute atomic E-state index is 13.0. The number of halogens is 1. The standard InChI is InChI=1S/C12H17FN2O/c1-8-4-5-9(13)6-10(8)15-11(16)7-12(2,3)14/h4-6H,7,14H2,1-3H3,(H,15,16). The zero-order valence-corrected chi connectivity index (χ0v) is 9.80. The molecule has 16 heavy (non-hydrogen) atoms. The molecule has 0 heterocycles. The first-order chi connectivity index (χ1) is 7.28. The van der Waals surface area contributed by atoms with Crippen molar-refractivity contribution in [1.29, 1.82) is 0 Å². The highest BCUT2D eigenvalue weighted by atomic mass is 19.1.